The molecule has 4 heteroatoms. The van der Waals surface area contributed by atoms with Crippen molar-refractivity contribution >= 4 is 11.3 Å². The summed E-state index contributed by atoms with van der Waals surface area (Å²) in [6.07, 6.45) is 2.94. The fourth-order valence-electron chi connectivity index (χ4n) is 1.63. The Morgan fingerprint density at radius 3 is 3.12 bits per heavy atom. The molecule has 1 N–H and O–H groups in total. The Kier molecular flexibility index (Phi) is 4.13. The molecule has 0 fully saturated rings. The quantitative estimate of drug-likeness (QED) is 0.832. The first-order chi connectivity index (χ1) is 7.90. The van der Waals surface area contributed by atoms with E-state index in [1.807, 2.05) is 6.20 Å². The summed E-state index contributed by atoms with van der Waals surface area (Å²) in [6.45, 7) is 4.98. The van der Waals surface area contributed by atoms with Crippen LogP contribution in [0.4, 0.5) is 0 Å². The average Bonchev–Trinajstić information content (AvgIpc) is 2.94. The Morgan fingerprint density at radius 1 is 1.44 bits per heavy atom. The summed E-state index contributed by atoms with van der Waals surface area (Å²) in [5.74, 6) is 0. The van der Waals surface area contributed by atoms with Gasteiger partial charge < -0.3 is 5.32 Å². The highest BCUT2D eigenvalue weighted by Gasteiger charge is 2.02. The van der Waals surface area contributed by atoms with Crippen LogP contribution in [0.3, 0.4) is 0 Å². The Balaban J connectivity index is 1.91. The number of nitrogens with one attached hydrogen (secondary N) is 1. The minimum atomic E-state index is 0.903. The number of aryl methyl sites for hydroxylation is 2. The molecule has 0 amide bonds. The summed E-state index contributed by atoms with van der Waals surface area (Å²) in [7, 11) is 0. The Bertz CT molecular complexity index is 406. The number of nitrogens with zero attached hydrogens (tertiary/aromatic N) is 2. The van der Waals surface area contributed by atoms with Crippen LogP contribution in [-0.2, 0) is 19.5 Å². The van der Waals surface area contributed by atoms with E-state index in [1.165, 1.54) is 11.3 Å². The lowest BCUT2D eigenvalue weighted by Gasteiger charge is -2.07. The summed E-state index contributed by atoms with van der Waals surface area (Å²) in [6, 6.07) is 4.26. The van der Waals surface area contributed by atoms with Crippen LogP contribution in [0.5, 0.6) is 0 Å². The zero-order valence-corrected chi connectivity index (χ0v) is 10.3. The van der Waals surface area contributed by atoms with E-state index in [0.717, 1.165) is 26.1 Å². The molecule has 0 aliphatic carbocycles. The summed E-state index contributed by atoms with van der Waals surface area (Å²) in [5.41, 5.74) is 2.66. The van der Waals surface area contributed by atoms with Crippen molar-refractivity contribution in [3.05, 3.63) is 40.3 Å². The van der Waals surface area contributed by atoms with Gasteiger partial charge in [-0.25, -0.2) is 0 Å². The molecule has 0 aliphatic rings. The van der Waals surface area contributed by atoms with Gasteiger partial charge in [0, 0.05) is 19.3 Å². The molecule has 3 nitrogen and oxygen atoms in total. The minimum Gasteiger partial charge on any atom is -0.311 e. The van der Waals surface area contributed by atoms with Crippen molar-refractivity contribution in [1.82, 2.24) is 15.1 Å². The van der Waals surface area contributed by atoms with Gasteiger partial charge in [-0.05, 0) is 41.4 Å². The maximum atomic E-state index is 4.35. The first-order valence-corrected chi connectivity index (χ1v) is 6.57. The van der Waals surface area contributed by atoms with Crippen LogP contribution in [-0.4, -0.2) is 16.3 Å². The highest BCUT2D eigenvalue weighted by Crippen LogP contribution is 2.08. The third-order valence-electron chi connectivity index (χ3n) is 2.55. The zero-order chi connectivity index (χ0) is 11.2. The summed E-state index contributed by atoms with van der Waals surface area (Å²) >= 11 is 1.75. The van der Waals surface area contributed by atoms with Crippen LogP contribution < -0.4 is 5.32 Å². The van der Waals surface area contributed by atoms with Gasteiger partial charge in [0.15, 0.2) is 0 Å². The van der Waals surface area contributed by atoms with Crippen LogP contribution in [0.15, 0.2) is 29.1 Å². The van der Waals surface area contributed by atoms with Crippen molar-refractivity contribution in [2.24, 2.45) is 0 Å². The second-order valence-electron chi connectivity index (χ2n) is 3.71. The van der Waals surface area contributed by atoms with E-state index < -0.39 is 0 Å². The first-order valence-electron chi connectivity index (χ1n) is 5.62. The van der Waals surface area contributed by atoms with E-state index in [4.69, 9.17) is 0 Å². The fourth-order valence-corrected chi connectivity index (χ4v) is 2.34. The number of hydrogen-bond donors (Lipinski definition) is 1. The number of aromatic nitrogens is 2. The molecule has 0 atom stereocenters. The zero-order valence-electron chi connectivity index (χ0n) is 9.52. The lowest BCUT2D eigenvalue weighted by atomic mass is 10.2. The standard InChI is InChI=1S/C12H17N3S/c1-2-13-9-12-3-6-14-15(12)7-4-11-5-8-16-10-11/h3,5-6,8,10,13H,2,4,7,9H2,1H3. The van der Waals surface area contributed by atoms with E-state index in [1.54, 1.807) is 11.3 Å². The van der Waals surface area contributed by atoms with E-state index in [0.29, 0.717) is 0 Å². The van der Waals surface area contributed by atoms with Crippen molar-refractivity contribution in [2.75, 3.05) is 6.54 Å². The highest BCUT2D eigenvalue weighted by molar-refractivity contribution is 7.07. The number of thiophene rings is 1. The van der Waals surface area contributed by atoms with Crippen molar-refractivity contribution in [1.29, 1.82) is 0 Å². The summed E-state index contributed by atoms with van der Waals surface area (Å²) in [5, 5.41) is 12.0. The third-order valence-corrected chi connectivity index (χ3v) is 3.29. The molecule has 2 aromatic heterocycles. The Morgan fingerprint density at radius 2 is 2.38 bits per heavy atom. The topological polar surface area (TPSA) is 29.9 Å². The summed E-state index contributed by atoms with van der Waals surface area (Å²) < 4.78 is 2.08. The Hall–Kier alpha value is -1.13. The lowest BCUT2D eigenvalue weighted by Crippen LogP contribution is -2.16. The van der Waals surface area contributed by atoms with Crippen LogP contribution in [0, 0.1) is 0 Å². The van der Waals surface area contributed by atoms with E-state index >= 15 is 0 Å². The van der Waals surface area contributed by atoms with Gasteiger partial charge in [-0.2, -0.15) is 16.4 Å². The third kappa shape index (κ3) is 2.93. The van der Waals surface area contributed by atoms with Crippen LogP contribution in [0.25, 0.3) is 0 Å². The molecule has 2 heterocycles. The minimum absolute atomic E-state index is 0.903. The fraction of sp³-hybridized carbons (Fsp3) is 0.417. The van der Waals surface area contributed by atoms with Gasteiger partial charge in [0.1, 0.15) is 0 Å². The normalized spacial score (nSPS) is 10.8. The molecule has 0 bridgehead atoms. The maximum absolute atomic E-state index is 4.35. The van der Waals surface area contributed by atoms with Gasteiger partial charge in [-0.15, -0.1) is 0 Å². The van der Waals surface area contributed by atoms with Crippen LogP contribution in [0.2, 0.25) is 0 Å². The molecule has 16 heavy (non-hydrogen) atoms. The Labute approximate surface area is 100 Å². The second kappa shape index (κ2) is 5.82. The molecule has 0 spiro atoms. The highest BCUT2D eigenvalue weighted by atomic mass is 32.1. The van der Waals surface area contributed by atoms with Gasteiger partial charge in [-0.3, -0.25) is 4.68 Å². The lowest BCUT2D eigenvalue weighted by molar-refractivity contribution is 0.563. The van der Waals surface area contributed by atoms with Crippen LogP contribution in [0.1, 0.15) is 18.2 Å². The molecule has 2 aromatic rings. The molecule has 0 saturated heterocycles. The second-order valence-corrected chi connectivity index (χ2v) is 4.49. The summed E-state index contributed by atoms with van der Waals surface area (Å²) in [4.78, 5) is 0. The van der Waals surface area contributed by atoms with Crippen LogP contribution >= 0.6 is 11.3 Å². The molecule has 0 saturated carbocycles. The first kappa shape index (κ1) is 11.4. The van der Waals surface area contributed by atoms with E-state index in [9.17, 15) is 0 Å². The predicted octanol–water partition coefficient (Wildman–Crippen LogP) is 2.30. The molecule has 2 rings (SSSR count). The van der Waals surface area contributed by atoms with E-state index in [2.05, 4.69) is 44.9 Å². The number of hydrogen-bond acceptors (Lipinski definition) is 3. The molecule has 0 aromatic carbocycles. The SMILES string of the molecule is CCNCc1ccnn1CCc1ccsc1. The van der Waals surface area contributed by atoms with Gasteiger partial charge in [0.05, 0.1) is 5.69 Å². The largest absolute Gasteiger partial charge is 0.311 e. The number of rotatable bonds is 6. The van der Waals surface area contributed by atoms with Crippen molar-refractivity contribution < 1.29 is 0 Å². The predicted molar refractivity (Wildman–Crippen MR) is 67.6 cm³/mol. The van der Waals surface area contributed by atoms with E-state index in [-0.39, 0.29) is 0 Å². The molecule has 0 aliphatic heterocycles. The maximum Gasteiger partial charge on any atom is 0.0522 e. The van der Waals surface area contributed by atoms with Gasteiger partial charge >= 0.3 is 0 Å². The average molecular weight is 235 g/mol. The van der Waals surface area contributed by atoms with Gasteiger partial charge in [0.2, 0.25) is 0 Å². The van der Waals surface area contributed by atoms with Crippen molar-refractivity contribution in [3.8, 4) is 0 Å². The molecule has 0 unspecified atom stereocenters. The van der Waals surface area contributed by atoms with Crippen molar-refractivity contribution in [2.45, 2.75) is 26.4 Å². The smallest absolute Gasteiger partial charge is 0.0522 e. The van der Waals surface area contributed by atoms with Gasteiger partial charge in [0.25, 0.3) is 0 Å². The molecular weight excluding hydrogens is 218 g/mol. The monoisotopic (exact) mass is 235 g/mol. The molecular formula is C12H17N3S. The van der Waals surface area contributed by atoms with Crippen molar-refractivity contribution in [3.63, 3.8) is 0 Å². The van der Waals surface area contributed by atoms with Gasteiger partial charge in [-0.1, -0.05) is 6.92 Å². The molecule has 0 radical (unpaired) electrons. The molecule has 86 valence electrons.